The molecule has 0 bridgehead atoms. The molecular formula is C28H53N3. The molecule has 1 rings (SSSR count). The van der Waals surface area contributed by atoms with Gasteiger partial charge in [0.1, 0.15) is 0 Å². The molecule has 0 aromatic heterocycles. The molecule has 180 valence electrons. The lowest BCUT2D eigenvalue weighted by Gasteiger charge is -2.19. The Morgan fingerprint density at radius 3 is 1.68 bits per heavy atom. The molecule has 0 spiro atoms. The van der Waals surface area contributed by atoms with Crippen LogP contribution in [0.4, 0.5) is 0 Å². The van der Waals surface area contributed by atoms with E-state index in [0.717, 1.165) is 6.54 Å². The van der Waals surface area contributed by atoms with Crippen LogP contribution in [0.25, 0.3) is 0 Å². The molecule has 3 N–H and O–H groups in total. The van der Waals surface area contributed by atoms with Gasteiger partial charge in [-0.1, -0.05) is 82.7 Å². The monoisotopic (exact) mass is 431 g/mol. The van der Waals surface area contributed by atoms with E-state index in [1.807, 2.05) is 0 Å². The smallest absolute Gasteiger partial charge is 0.00680 e. The molecule has 0 radical (unpaired) electrons. The van der Waals surface area contributed by atoms with Crippen molar-refractivity contribution in [2.45, 2.75) is 110 Å². The lowest BCUT2D eigenvalue weighted by molar-refractivity contribution is 0.416. The minimum Gasteiger partial charge on any atom is -0.317 e. The highest BCUT2D eigenvalue weighted by molar-refractivity contribution is 5.14. The number of aryl methyl sites for hydroxylation is 1. The lowest BCUT2D eigenvalue weighted by atomic mass is 10.0. The second-order valence-electron chi connectivity index (χ2n) is 9.15. The van der Waals surface area contributed by atoms with E-state index in [0.29, 0.717) is 6.04 Å². The van der Waals surface area contributed by atoms with Crippen molar-refractivity contribution in [2.24, 2.45) is 0 Å². The quantitative estimate of drug-likeness (QED) is 0.174. The molecule has 3 nitrogen and oxygen atoms in total. The van der Waals surface area contributed by atoms with Gasteiger partial charge in [0.05, 0.1) is 0 Å². The van der Waals surface area contributed by atoms with E-state index in [2.05, 4.69) is 60.1 Å². The highest BCUT2D eigenvalue weighted by Gasteiger charge is 2.07. The van der Waals surface area contributed by atoms with E-state index >= 15 is 0 Å². The third-order valence-electron chi connectivity index (χ3n) is 6.14. The maximum absolute atomic E-state index is 3.87. The molecule has 0 amide bonds. The van der Waals surface area contributed by atoms with Crippen molar-refractivity contribution in [3.8, 4) is 0 Å². The number of unbranched alkanes of at least 4 members (excludes halogenated alkanes) is 6. The molecule has 0 saturated heterocycles. The van der Waals surface area contributed by atoms with Crippen molar-refractivity contribution in [1.82, 2.24) is 16.0 Å². The third-order valence-corrected chi connectivity index (χ3v) is 6.14. The molecule has 0 aliphatic heterocycles. The van der Waals surface area contributed by atoms with Gasteiger partial charge >= 0.3 is 0 Å². The summed E-state index contributed by atoms with van der Waals surface area (Å²) in [5, 5.41) is 11.2. The maximum Gasteiger partial charge on any atom is 0.00680 e. The Bertz CT molecular complexity index is 443. The Kier molecular flexibility index (Phi) is 20.2. The average molecular weight is 432 g/mol. The van der Waals surface area contributed by atoms with Crippen LogP contribution in [0.5, 0.6) is 0 Å². The molecule has 0 atom stereocenters. The third kappa shape index (κ3) is 18.4. The number of benzene rings is 1. The molecule has 0 aliphatic carbocycles. The van der Waals surface area contributed by atoms with Crippen molar-refractivity contribution in [1.29, 1.82) is 0 Å². The molecule has 3 heteroatoms. The summed E-state index contributed by atoms with van der Waals surface area (Å²) in [4.78, 5) is 0. The van der Waals surface area contributed by atoms with Gasteiger partial charge in [0.2, 0.25) is 0 Å². The van der Waals surface area contributed by atoms with Crippen LogP contribution < -0.4 is 16.0 Å². The summed E-state index contributed by atoms with van der Waals surface area (Å²) < 4.78 is 0. The Hall–Kier alpha value is -0.900. The van der Waals surface area contributed by atoms with Crippen LogP contribution in [0.3, 0.4) is 0 Å². The predicted octanol–water partition coefficient (Wildman–Crippen LogP) is 6.48. The van der Waals surface area contributed by atoms with E-state index in [9.17, 15) is 0 Å². The number of nitrogens with one attached hydrogen (secondary N) is 3. The molecule has 0 aliphatic rings. The first-order chi connectivity index (χ1) is 15.4. The number of rotatable bonds is 23. The van der Waals surface area contributed by atoms with Crippen molar-refractivity contribution in [2.75, 3.05) is 32.7 Å². The van der Waals surface area contributed by atoms with E-state index in [4.69, 9.17) is 0 Å². The van der Waals surface area contributed by atoms with Gasteiger partial charge in [-0.2, -0.15) is 0 Å². The van der Waals surface area contributed by atoms with E-state index in [1.165, 1.54) is 122 Å². The standard InChI is InChI=1S/C28H53N3/c1-3-5-7-12-22-29-24-15-20-28(21-16-25-30-23-13-8-6-4-2)31-26-14-19-27-17-10-9-11-18-27/h9-11,17-18,28-31H,3-8,12-16,19-26H2,1-2H3. The van der Waals surface area contributed by atoms with Crippen LogP contribution in [-0.4, -0.2) is 38.8 Å². The van der Waals surface area contributed by atoms with Gasteiger partial charge in [-0.3, -0.25) is 0 Å². The zero-order valence-electron chi connectivity index (χ0n) is 20.9. The van der Waals surface area contributed by atoms with Crippen molar-refractivity contribution < 1.29 is 0 Å². The molecule has 0 fully saturated rings. The zero-order chi connectivity index (χ0) is 22.2. The van der Waals surface area contributed by atoms with Crippen LogP contribution in [0.15, 0.2) is 30.3 Å². The Labute approximate surface area is 194 Å². The van der Waals surface area contributed by atoms with Crippen molar-refractivity contribution in [3.05, 3.63) is 35.9 Å². The van der Waals surface area contributed by atoms with Crippen molar-refractivity contribution >= 4 is 0 Å². The van der Waals surface area contributed by atoms with E-state index in [-0.39, 0.29) is 0 Å². The van der Waals surface area contributed by atoms with Gasteiger partial charge in [-0.05, 0) is 89.7 Å². The molecule has 1 aromatic carbocycles. The molecule has 31 heavy (non-hydrogen) atoms. The van der Waals surface area contributed by atoms with Gasteiger partial charge in [0, 0.05) is 6.04 Å². The first-order valence-electron chi connectivity index (χ1n) is 13.6. The lowest BCUT2D eigenvalue weighted by Crippen LogP contribution is -2.32. The van der Waals surface area contributed by atoms with Crippen LogP contribution in [0.1, 0.15) is 103 Å². The molecule has 1 aromatic rings. The Balaban J connectivity index is 2.15. The minimum absolute atomic E-state index is 0.666. The maximum atomic E-state index is 3.87. The van der Waals surface area contributed by atoms with Crippen molar-refractivity contribution in [3.63, 3.8) is 0 Å². The van der Waals surface area contributed by atoms with Crippen LogP contribution in [0.2, 0.25) is 0 Å². The van der Waals surface area contributed by atoms with Crippen LogP contribution in [0, 0.1) is 0 Å². The number of hydrogen-bond acceptors (Lipinski definition) is 3. The highest BCUT2D eigenvalue weighted by Crippen LogP contribution is 2.07. The highest BCUT2D eigenvalue weighted by atomic mass is 14.9. The fourth-order valence-corrected chi connectivity index (χ4v) is 4.14. The summed E-state index contributed by atoms with van der Waals surface area (Å²) in [7, 11) is 0. The fraction of sp³-hybridized carbons (Fsp3) is 0.786. The average Bonchev–Trinajstić information content (AvgIpc) is 2.80. The summed E-state index contributed by atoms with van der Waals surface area (Å²) in [5.74, 6) is 0. The van der Waals surface area contributed by atoms with Gasteiger partial charge in [0.15, 0.2) is 0 Å². The second kappa shape index (κ2) is 22.3. The SMILES string of the molecule is CCCCCCNCCCC(CCCNCCCCCC)NCCCc1ccccc1. The predicted molar refractivity (Wildman–Crippen MR) is 139 cm³/mol. The van der Waals surface area contributed by atoms with Gasteiger partial charge in [0.25, 0.3) is 0 Å². The summed E-state index contributed by atoms with van der Waals surface area (Å²) in [6, 6.07) is 11.6. The summed E-state index contributed by atoms with van der Waals surface area (Å²) >= 11 is 0. The Morgan fingerprint density at radius 1 is 0.581 bits per heavy atom. The minimum atomic E-state index is 0.666. The number of hydrogen-bond donors (Lipinski definition) is 3. The first-order valence-corrected chi connectivity index (χ1v) is 13.6. The van der Waals surface area contributed by atoms with Crippen LogP contribution in [-0.2, 0) is 6.42 Å². The van der Waals surface area contributed by atoms with Gasteiger partial charge in [-0.25, -0.2) is 0 Å². The molecular weight excluding hydrogens is 378 g/mol. The van der Waals surface area contributed by atoms with Gasteiger partial charge < -0.3 is 16.0 Å². The summed E-state index contributed by atoms with van der Waals surface area (Å²) in [5.41, 5.74) is 1.46. The fourth-order valence-electron chi connectivity index (χ4n) is 4.14. The van der Waals surface area contributed by atoms with E-state index < -0.39 is 0 Å². The molecule has 0 unspecified atom stereocenters. The normalized spacial score (nSPS) is 11.5. The summed E-state index contributed by atoms with van der Waals surface area (Å²) in [6.45, 7) is 10.4. The van der Waals surface area contributed by atoms with Gasteiger partial charge in [-0.15, -0.1) is 0 Å². The van der Waals surface area contributed by atoms with Crippen LogP contribution >= 0.6 is 0 Å². The largest absolute Gasteiger partial charge is 0.317 e. The van der Waals surface area contributed by atoms with E-state index in [1.54, 1.807) is 0 Å². The second-order valence-corrected chi connectivity index (χ2v) is 9.15. The first kappa shape index (κ1) is 28.1. The molecule has 0 saturated carbocycles. The Morgan fingerprint density at radius 2 is 1.13 bits per heavy atom. The zero-order valence-corrected chi connectivity index (χ0v) is 20.9. The topological polar surface area (TPSA) is 36.1 Å². The molecule has 0 heterocycles. The summed E-state index contributed by atoms with van der Waals surface area (Å²) in [6.07, 6.45) is 18.4.